The van der Waals surface area contributed by atoms with E-state index in [4.69, 9.17) is 57.0 Å². The van der Waals surface area contributed by atoms with Crippen molar-refractivity contribution in [3.63, 3.8) is 0 Å². The summed E-state index contributed by atoms with van der Waals surface area (Å²) in [5.74, 6) is -7.68. The summed E-state index contributed by atoms with van der Waals surface area (Å²) in [5, 5.41) is 41.0. The van der Waals surface area contributed by atoms with Crippen LogP contribution in [-0.2, 0) is 63.8 Å². The first kappa shape index (κ1) is 56.0. The molecule has 2 fully saturated rings. The molecule has 2 aromatic rings. The maximum absolute atomic E-state index is 12.6. The Labute approximate surface area is 383 Å². The first-order valence-corrected chi connectivity index (χ1v) is 23.1. The van der Waals surface area contributed by atoms with Gasteiger partial charge in [0.15, 0.2) is 21.7 Å². The van der Waals surface area contributed by atoms with Crippen molar-refractivity contribution in [2.75, 3.05) is 18.0 Å². The third-order valence-electron chi connectivity index (χ3n) is 8.75. The molecule has 15 N–H and O–H groups in total. The Morgan fingerprint density at radius 2 is 1.11 bits per heavy atom. The summed E-state index contributed by atoms with van der Waals surface area (Å²) in [4.78, 5) is 98.9. The van der Waals surface area contributed by atoms with Crippen LogP contribution >= 0.6 is 22.7 Å². The fourth-order valence-electron chi connectivity index (χ4n) is 4.86. The number of hydrogen-bond acceptors (Lipinski definition) is 23. The number of carbonyl (C=O) groups is 7. The first-order chi connectivity index (χ1) is 30.2. The predicted molar refractivity (Wildman–Crippen MR) is 230 cm³/mol. The van der Waals surface area contributed by atoms with Gasteiger partial charge in [0.05, 0.1) is 12.1 Å². The number of nitrogen functional groups attached to an aromatic ring is 2. The lowest BCUT2D eigenvalue weighted by molar-refractivity contribution is -0.161. The Kier molecular flexibility index (Phi) is 18.9. The molecule has 0 spiro atoms. The minimum Gasteiger partial charge on any atom is -0.480 e. The third-order valence-corrected chi connectivity index (χ3v) is 12.1. The number of oxime groups is 2. The maximum Gasteiger partial charge on any atom is 0.362 e. The summed E-state index contributed by atoms with van der Waals surface area (Å²) in [6.45, 7) is 7.99. The number of aromatic nitrogens is 2. The summed E-state index contributed by atoms with van der Waals surface area (Å²) in [7, 11) is -9.51. The highest BCUT2D eigenvalue weighted by atomic mass is 32.2. The largest absolute Gasteiger partial charge is 0.480 e. The summed E-state index contributed by atoms with van der Waals surface area (Å²) in [5.41, 5.74) is 16.9. The van der Waals surface area contributed by atoms with Gasteiger partial charge in [-0.3, -0.25) is 33.1 Å². The Morgan fingerprint density at radius 3 is 1.35 bits per heavy atom. The second-order valence-corrected chi connectivity index (χ2v) is 19.0. The van der Waals surface area contributed by atoms with Crippen LogP contribution in [-0.4, -0.2) is 161 Å². The lowest BCUT2D eigenvalue weighted by Gasteiger charge is -2.42. The van der Waals surface area contributed by atoms with E-state index in [2.05, 4.69) is 30.9 Å². The molecule has 2 aromatic heterocycles. The zero-order chi connectivity index (χ0) is 50.9. The number of nitrogens with one attached hydrogen (secondary N) is 2. The lowest BCUT2D eigenvalue weighted by Crippen LogP contribution is -2.71. The maximum atomic E-state index is 12.6. The molecule has 66 heavy (non-hydrogen) atoms. The van der Waals surface area contributed by atoms with Crippen LogP contribution in [0, 0.1) is 0 Å². The molecule has 1 unspecified atom stereocenters. The number of aliphatic carboxylic acids is 3. The van der Waals surface area contributed by atoms with Crippen molar-refractivity contribution >= 4 is 107 Å². The third kappa shape index (κ3) is 14.7. The predicted octanol–water partition coefficient (Wildman–Crippen LogP) is -2.82. The minimum atomic E-state index is -4.76. The van der Waals surface area contributed by atoms with Crippen molar-refractivity contribution in [2.45, 2.75) is 102 Å². The molecular formula is C32H48N12O18S4. The summed E-state index contributed by atoms with van der Waals surface area (Å²) in [6.07, 6.45) is 2.16. The highest BCUT2D eigenvalue weighted by Crippen LogP contribution is 2.25. The standard InChI is InChI=1S/2C13H17N5O8S2.C6H14N2O2/c2*1-5-7(10(20)18(5)28(23,24)25)16-9(19)8(6-4-27-12(14)15-6)17-26-13(2,3)11(21)22;7-4-2-1-3-5(8)6(9)10/h2*4-5,7H,1-3H3,(H2,14,15)(H,16,19)(H,21,22)(H,23,24,25);5H,1-4,7-8H2,(H,9,10)/b2*17-8-;/t2*5-,7-;/m00./s1. The molecule has 0 bridgehead atoms. The number of unbranched alkanes of at least 4 members (excludes halogenated alkanes) is 1. The number of β-lactam (4-membered cyclic amide) rings is 2. The van der Waals surface area contributed by atoms with Crippen molar-refractivity contribution in [3.05, 3.63) is 22.1 Å². The molecular weight excluding hydrogens is 969 g/mol. The Balaban J connectivity index is 0.000000377. The smallest absolute Gasteiger partial charge is 0.362 e. The number of carboxylic acid groups (broad SMARTS) is 3. The van der Waals surface area contributed by atoms with Gasteiger partial charge in [0, 0.05) is 10.8 Å². The molecule has 368 valence electrons. The van der Waals surface area contributed by atoms with Crippen molar-refractivity contribution < 1.29 is 84.5 Å². The van der Waals surface area contributed by atoms with E-state index < -0.39 is 115 Å². The average molecular weight is 1020 g/mol. The van der Waals surface area contributed by atoms with Crippen molar-refractivity contribution in [2.24, 2.45) is 21.8 Å². The van der Waals surface area contributed by atoms with E-state index in [9.17, 15) is 50.4 Å². The molecule has 0 saturated carbocycles. The Morgan fingerprint density at radius 1 is 0.758 bits per heavy atom. The fourth-order valence-corrected chi connectivity index (χ4v) is 7.72. The quantitative estimate of drug-likeness (QED) is 0.0222. The van der Waals surface area contributed by atoms with Crippen LogP contribution in [0.3, 0.4) is 0 Å². The number of carbonyl (C=O) groups excluding carboxylic acids is 4. The van der Waals surface area contributed by atoms with Gasteiger partial charge < -0.3 is 58.6 Å². The lowest BCUT2D eigenvalue weighted by atomic mass is 10.0. The van der Waals surface area contributed by atoms with E-state index >= 15 is 0 Å². The number of nitrogens with zero attached hydrogens (tertiary/aromatic N) is 6. The molecule has 4 heterocycles. The van der Waals surface area contributed by atoms with Crippen LogP contribution < -0.4 is 33.6 Å². The summed E-state index contributed by atoms with van der Waals surface area (Å²) in [6, 6.07) is -5.34. The number of nitrogens with two attached hydrogens (primary N) is 4. The second kappa shape index (κ2) is 22.3. The summed E-state index contributed by atoms with van der Waals surface area (Å²) >= 11 is 1.96. The Bertz CT molecular complexity index is 2300. The highest BCUT2D eigenvalue weighted by molar-refractivity contribution is 7.84. The van der Waals surface area contributed by atoms with Crippen molar-refractivity contribution in [1.29, 1.82) is 0 Å². The minimum absolute atomic E-state index is 0.0350. The van der Waals surface area contributed by atoms with Gasteiger partial charge in [0.1, 0.15) is 29.5 Å². The zero-order valence-corrected chi connectivity index (χ0v) is 38.8. The Hall–Kier alpha value is -6.17. The van der Waals surface area contributed by atoms with Gasteiger partial charge >= 0.3 is 38.5 Å². The van der Waals surface area contributed by atoms with Crippen molar-refractivity contribution in [3.8, 4) is 0 Å². The van der Waals surface area contributed by atoms with Gasteiger partial charge in [-0.1, -0.05) is 16.7 Å². The number of amides is 4. The van der Waals surface area contributed by atoms with Crippen LogP contribution in [0.2, 0.25) is 0 Å². The van der Waals surface area contributed by atoms with E-state index in [0.717, 1.165) is 35.5 Å². The molecule has 34 heteroatoms. The normalized spacial score (nSPS) is 19.4. The monoisotopic (exact) mass is 1020 g/mol. The number of thiazole rings is 2. The second-order valence-electron chi connectivity index (χ2n) is 14.7. The van der Waals surface area contributed by atoms with E-state index in [1.165, 1.54) is 52.3 Å². The van der Waals surface area contributed by atoms with Crippen LogP contribution in [0.4, 0.5) is 10.3 Å². The molecule has 4 amide bonds. The molecule has 5 atom stereocenters. The molecule has 0 radical (unpaired) electrons. The van der Waals surface area contributed by atoms with E-state index in [-0.39, 0.29) is 30.3 Å². The first-order valence-electron chi connectivity index (χ1n) is 18.5. The van der Waals surface area contributed by atoms with Crippen LogP contribution in [0.5, 0.6) is 0 Å². The summed E-state index contributed by atoms with van der Waals surface area (Å²) < 4.78 is 62.9. The van der Waals surface area contributed by atoms with Gasteiger partial charge in [-0.15, -0.1) is 22.7 Å². The van der Waals surface area contributed by atoms with Crippen molar-refractivity contribution in [1.82, 2.24) is 29.2 Å². The molecule has 2 aliphatic heterocycles. The van der Waals surface area contributed by atoms with E-state index in [1.54, 1.807) is 0 Å². The van der Waals surface area contributed by atoms with Gasteiger partial charge in [0.2, 0.25) is 11.2 Å². The number of anilines is 2. The zero-order valence-electron chi connectivity index (χ0n) is 35.5. The average Bonchev–Trinajstić information content (AvgIpc) is 3.82. The SMILES string of the molecule is C[C@H]1[C@H](NC(=O)/C(=N\OC(C)(C)C(=O)O)c2csc(N)n2)C(=O)N1S(=O)(=O)O.C[C@H]1[C@H](NC(=O)/C(=N\OC(C)(C)C(=O)O)c2csc(N)n2)C(=O)N1S(=O)(=O)O.NCCCCC(N)C(=O)O. The van der Waals surface area contributed by atoms with Gasteiger partial charge in [0.25, 0.3) is 23.6 Å². The van der Waals surface area contributed by atoms with Gasteiger partial charge in [-0.25, -0.2) is 28.2 Å². The van der Waals surface area contributed by atoms with Crippen LogP contribution in [0.1, 0.15) is 72.2 Å². The molecule has 0 aromatic carbocycles. The molecule has 2 saturated heterocycles. The number of hydrogen-bond donors (Lipinski definition) is 11. The topological polar surface area (TPSA) is 492 Å². The molecule has 4 rings (SSSR count). The van der Waals surface area contributed by atoms with Crippen LogP contribution in [0.15, 0.2) is 21.1 Å². The number of carboxylic acids is 3. The molecule has 30 nitrogen and oxygen atoms in total. The van der Waals surface area contributed by atoms with Crippen LogP contribution in [0.25, 0.3) is 0 Å². The molecule has 2 aliphatic rings. The molecule has 0 aliphatic carbocycles. The number of rotatable bonds is 19. The van der Waals surface area contributed by atoms with E-state index in [1.807, 2.05) is 0 Å². The van der Waals surface area contributed by atoms with Gasteiger partial charge in [-0.2, -0.15) is 16.8 Å². The fraction of sp³-hybridized carbons (Fsp3) is 0.531. The van der Waals surface area contributed by atoms with E-state index in [0.29, 0.717) is 13.0 Å². The highest BCUT2D eigenvalue weighted by Gasteiger charge is 2.53. The van der Waals surface area contributed by atoms with Gasteiger partial charge in [-0.05, 0) is 60.9 Å².